The van der Waals surface area contributed by atoms with E-state index >= 15 is 0 Å². The molecule has 0 radical (unpaired) electrons. The fourth-order valence-electron chi connectivity index (χ4n) is 2.53. The molecule has 0 bridgehead atoms. The van der Waals surface area contributed by atoms with Crippen LogP contribution in [0.25, 0.3) is 0 Å². The lowest BCUT2D eigenvalue weighted by Crippen LogP contribution is -2.17. The van der Waals surface area contributed by atoms with Gasteiger partial charge in [-0.3, -0.25) is 9.32 Å². The molecule has 0 aliphatic rings. The Hall–Kier alpha value is -0.850. The molecule has 0 aromatic rings. The van der Waals surface area contributed by atoms with Gasteiger partial charge in [0.05, 0.1) is 0 Å². The summed E-state index contributed by atoms with van der Waals surface area (Å²) in [6, 6.07) is 0. The van der Waals surface area contributed by atoms with Crippen molar-refractivity contribution in [2.75, 3.05) is 6.61 Å². The van der Waals surface area contributed by atoms with E-state index in [0.29, 0.717) is 12.8 Å². The third kappa shape index (κ3) is 16.9. The van der Waals surface area contributed by atoms with Crippen molar-refractivity contribution in [3.63, 3.8) is 0 Å². The van der Waals surface area contributed by atoms with Gasteiger partial charge in [0, 0.05) is 5.92 Å². The molecular weight excluding hydrogens is 430 g/mol. The molecule has 10 heteroatoms. The molecule has 2 unspecified atom stereocenters. The summed E-state index contributed by atoms with van der Waals surface area (Å²) in [4.78, 5) is 38.2. The van der Waals surface area contributed by atoms with Crippen LogP contribution in [-0.2, 0) is 22.8 Å². The molecule has 0 aromatic carbocycles. The zero-order valence-corrected chi connectivity index (χ0v) is 20.3. The van der Waals surface area contributed by atoms with Crippen molar-refractivity contribution in [3.8, 4) is 0 Å². The lowest BCUT2D eigenvalue weighted by molar-refractivity contribution is -0.125. The van der Waals surface area contributed by atoms with Crippen molar-refractivity contribution >= 4 is 21.4 Å². The molecule has 8 nitrogen and oxygen atoms in total. The summed E-state index contributed by atoms with van der Waals surface area (Å²) in [5, 5.41) is 0. The van der Waals surface area contributed by atoms with E-state index in [0.717, 1.165) is 25.7 Å². The molecule has 0 saturated carbocycles. The van der Waals surface area contributed by atoms with Gasteiger partial charge in [-0.15, -0.1) is 0 Å². The maximum absolute atomic E-state index is 12.0. The first-order valence-electron chi connectivity index (χ1n) is 9.93. The van der Waals surface area contributed by atoms with Crippen LogP contribution >= 0.6 is 15.6 Å². The van der Waals surface area contributed by atoms with Crippen molar-refractivity contribution in [2.45, 2.75) is 73.1 Å². The van der Waals surface area contributed by atoms with E-state index in [1.54, 1.807) is 6.92 Å². The molecule has 0 aliphatic heterocycles. The number of ketones is 1. The van der Waals surface area contributed by atoms with Crippen molar-refractivity contribution in [3.05, 3.63) is 34.9 Å². The minimum absolute atomic E-state index is 0.429. The van der Waals surface area contributed by atoms with E-state index < -0.39 is 34.0 Å². The summed E-state index contributed by atoms with van der Waals surface area (Å²) in [5.74, 6) is -0.874. The fraction of sp³-hybridized carbons (Fsp3) is 0.650. The molecule has 3 N–H and O–H groups in total. The number of phosphoric ester groups is 1. The third-order valence-electron chi connectivity index (χ3n) is 4.34. The third-order valence-corrected chi connectivity index (χ3v) is 6.48. The first-order valence-corrected chi connectivity index (χ1v) is 13.0. The SMILES string of the molecule is CC(C)=CCCC(C)=CCCC(C)=CCCC(C)C(=O)COP(=O)(O)OP(=O)(O)O. The minimum Gasteiger partial charge on any atom is -0.302 e. The second-order valence-corrected chi connectivity index (χ2v) is 10.5. The van der Waals surface area contributed by atoms with E-state index in [2.05, 4.69) is 47.8 Å². The molecule has 0 aromatic heterocycles. The zero-order chi connectivity index (χ0) is 23.4. The Bertz CT molecular complexity index is 729. The van der Waals surface area contributed by atoms with Crippen LogP contribution in [0, 0.1) is 5.92 Å². The Morgan fingerprint density at radius 3 is 1.90 bits per heavy atom. The van der Waals surface area contributed by atoms with E-state index in [4.69, 9.17) is 9.79 Å². The Morgan fingerprint density at radius 2 is 1.40 bits per heavy atom. The van der Waals surface area contributed by atoms with E-state index in [1.165, 1.54) is 16.7 Å². The Balaban J connectivity index is 4.25. The van der Waals surface area contributed by atoms with Gasteiger partial charge in [0.1, 0.15) is 6.61 Å². The largest absolute Gasteiger partial charge is 0.481 e. The summed E-state index contributed by atoms with van der Waals surface area (Å²) in [7, 11) is -10.2. The van der Waals surface area contributed by atoms with E-state index in [1.807, 2.05) is 6.92 Å². The molecule has 174 valence electrons. The van der Waals surface area contributed by atoms with Gasteiger partial charge >= 0.3 is 15.6 Å². The number of phosphoric acid groups is 2. The summed E-state index contributed by atoms with van der Waals surface area (Å²) in [6.45, 7) is 9.29. The van der Waals surface area contributed by atoms with Crippen molar-refractivity contribution in [2.24, 2.45) is 5.92 Å². The van der Waals surface area contributed by atoms with Gasteiger partial charge in [0.15, 0.2) is 5.78 Å². The molecule has 30 heavy (non-hydrogen) atoms. The van der Waals surface area contributed by atoms with Crippen LogP contribution in [0.3, 0.4) is 0 Å². The summed E-state index contributed by atoms with van der Waals surface area (Å²) in [5.41, 5.74) is 3.94. The maximum Gasteiger partial charge on any atom is 0.481 e. The molecule has 2 atom stereocenters. The molecule has 0 aliphatic carbocycles. The highest BCUT2D eigenvalue weighted by atomic mass is 31.3. The second-order valence-electron chi connectivity index (χ2n) is 7.72. The lowest BCUT2D eigenvalue weighted by atomic mass is 9.99. The van der Waals surface area contributed by atoms with Crippen LogP contribution in [-0.4, -0.2) is 27.1 Å². The predicted octanol–water partition coefficient (Wildman–Crippen LogP) is 5.62. The van der Waals surface area contributed by atoms with Crippen molar-refractivity contribution < 1.29 is 37.4 Å². The number of carbonyl (C=O) groups excluding carboxylic acids is 1. The van der Waals surface area contributed by atoms with Crippen LogP contribution < -0.4 is 0 Å². The summed E-state index contributed by atoms with van der Waals surface area (Å²) < 4.78 is 29.9. The lowest BCUT2D eigenvalue weighted by Gasteiger charge is -2.14. The molecule has 0 spiro atoms. The van der Waals surface area contributed by atoms with E-state index in [9.17, 15) is 18.8 Å². The van der Waals surface area contributed by atoms with E-state index in [-0.39, 0.29) is 0 Å². The highest BCUT2D eigenvalue weighted by molar-refractivity contribution is 7.60. The maximum atomic E-state index is 12.0. The average molecular weight is 466 g/mol. The van der Waals surface area contributed by atoms with Crippen LogP contribution in [0.1, 0.15) is 73.1 Å². The van der Waals surface area contributed by atoms with Gasteiger partial charge in [-0.25, -0.2) is 9.13 Å². The summed E-state index contributed by atoms with van der Waals surface area (Å²) >= 11 is 0. The molecule has 0 amide bonds. The number of hydrogen-bond donors (Lipinski definition) is 3. The average Bonchev–Trinajstić information content (AvgIpc) is 2.57. The monoisotopic (exact) mass is 466 g/mol. The highest BCUT2D eigenvalue weighted by Gasteiger charge is 2.33. The Morgan fingerprint density at radius 1 is 0.900 bits per heavy atom. The molecule has 0 saturated heterocycles. The zero-order valence-electron chi connectivity index (χ0n) is 18.5. The molecule has 0 rings (SSSR count). The minimum atomic E-state index is -5.19. The Kier molecular flexibility index (Phi) is 13.9. The topological polar surface area (TPSA) is 130 Å². The van der Waals surface area contributed by atoms with Gasteiger partial charge in [-0.1, -0.05) is 41.9 Å². The van der Waals surface area contributed by atoms with Gasteiger partial charge in [-0.05, 0) is 66.2 Å². The van der Waals surface area contributed by atoms with Gasteiger partial charge in [-0.2, -0.15) is 4.31 Å². The number of carbonyl (C=O) groups is 1. The van der Waals surface area contributed by atoms with Gasteiger partial charge in [0.25, 0.3) is 0 Å². The number of allylic oxidation sites excluding steroid dienone is 6. The van der Waals surface area contributed by atoms with Crippen molar-refractivity contribution in [1.29, 1.82) is 0 Å². The first-order chi connectivity index (χ1) is 13.7. The normalized spacial score (nSPS) is 16.1. The molecule has 0 heterocycles. The number of rotatable bonds is 15. The molecular formula is C20H36O8P2. The van der Waals surface area contributed by atoms with Gasteiger partial charge < -0.3 is 14.7 Å². The number of Topliss-reactive ketones (excluding diaryl/α,β-unsaturated/α-hetero) is 1. The quantitative estimate of drug-likeness (QED) is 0.209. The van der Waals surface area contributed by atoms with Crippen LogP contribution in [0.2, 0.25) is 0 Å². The van der Waals surface area contributed by atoms with Crippen LogP contribution in [0.15, 0.2) is 34.9 Å². The van der Waals surface area contributed by atoms with Crippen LogP contribution in [0.5, 0.6) is 0 Å². The second kappa shape index (κ2) is 14.3. The fourth-order valence-corrected chi connectivity index (χ4v) is 4.08. The van der Waals surface area contributed by atoms with Crippen LogP contribution in [0.4, 0.5) is 0 Å². The predicted molar refractivity (Wildman–Crippen MR) is 118 cm³/mol. The van der Waals surface area contributed by atoms with Gasteiger partial charge in [0.2, 0.25) is 0 Å². The first kappa shape index (κ1) is 29.1. The summed E-state index contributed by atoms with van der Waals surface area (Å²) in [6.07, 6.45) is 11.8. The Labute approximate surface area is 179 Å². The van der Waals surface area contributed by atoms with Crippen molar-refractivity contribution in [1.82, 2.24) is 0 Å². The smallest absolute Gasteiger partial charge is 0.302 e. The highest BCUT2D eigenvalue weighted by Crippen LogP contribution is 2.57. The number of hydrogen-bond acceptors (Lipinski definition) is 5. The standard InChI is InChI=1S/C20H36O8P2/c1-16(2)9-6-10-17(3)11-7-12-18(4)13-8-14-19(5)20(21)15-27-30(25,26)28-29(22,23)24/h9,11,13,19H,6-8,10,12,14-15H2,1-5H3,(H,25,26)(H2,22,23,24). The molecule has 0 fully saturated rings.